The molecule has 28 heavy (non-hydrogen) atoms. The second-order valence-corrected chi connectivity index (χ2v) is 5.83. The van der Waals surface area contributed by atoms with Gasteiger partial charge in [-0.25, -0.2) is 9.59 Å². The van der Waals surface area contributed by atoms with E-state index in [9.17, 15) is 9.59 Å². The number of carbonyl (C=O) groups is 2. The van der Waals surface area contributed by atoms with Crippen molar-refractivity contribution in [2.45, 2.75) is 18.9 Å². The van der Waals surface area contributed by atoms with Gasteiger partial charge in [0, 0.05) is 24.6 Å². The van der Waals surface area contributed by atoms with Crippen LogP contribution in [0.3, 0.4) is 0 Å². The number of aliphatic carboxylic acids is 2. The first-order chi connectivity index (χ1) is 13.4. The SMILES string of the molecule is C=CCC(N)c1ccccc1Cc1ccccc1OC.O=C(O)/C=C/C(=O)O. The van der Waals surface area contributed by atoms with Gasteiger partial charge < -0.3 is 20.7 Å². The van der Waals surface area contributed by atoms with Crippen molar-refractivity contribution < 1.29 is 24.5 Å². The Morgan fingerprint density at radius 3 is 2.11 bits per heavy atom. The lowest BCUT2D eigenvalue weighted by Gasteiger charge is -2.16. The number of methoxy groups -OCH3 is 1. The van der Waals surface area contributed by atoms with Crippen LogP contribution in [0.4, 0.5) is 0 Å². The smallest absolute Gasteiger partial charge is 0.328 e. The topological polar surface area (TPSA) is 110 Å². The zero-order valence-electron chi connectivity index (χ0n) is 15.7. The summed E-state index contributed by atoms with van der Waals surface area (Å²) in [4.78, 5) is 19.1. The van der Waals surface area contributed by atoms with E-state index in [1.54, 1.807) is 7.11 Å². The molecule has 0 saturated carbocycles. The summed E-state index contributed by atoms with van der Waals surface area (Å²) in [7, 11) is 1.70. The third-order valence-electron chi connectivity index (χ3n) is 3.82. The molecule has 2 aromatic rings. The van der Waals surface area contributed by atoms with E-state index in [1.165, 1.54) is 16.7 Å². The molecule has 2 rings (SSSR count). The number of rotatable bonds is 8. The van der Waals surface area contributed by atoms with Gasteiger partial charge in [0.15, 0.2) is 0 Å². The first kappa shape index (κ1) is 22.7. The Kier molecular flexibility index (Phi) is 9.78. The van der Waals surface area contributed by atoms with Crippen LogP contribution in [-0.2, 0) is 16.0 Å². The zero-order chi connectivity index (χ0) is 20.9. The molecule has 0 radical (unpaired) electrons. The van der Waals surface area contributed by atoms with Gasteiger partial charge in [-0.05, 0) is 29.2 Å². The van der Waals surface area contributed by atoms with Crippen LogP contribution in [0.2, 0.25) is 0 Å². The molecule has 0 bridgehead atoms. The van der Waals surface area contributed by atoms with Crippen LogP contribution in [-0.4, -0.2) is 29.3 Å². The highest BCUT2D eigenvalue weighted by atomic mass is 16.5. The minimum atomic E-state index is -1.26. The highest BCUT2D eigenvalue weighted by Crippen LogP contribution is 2.25. The van der Waals surface area contributed by atoms with E-state index in [0.29, 0.717) is 12.2 Å². The van der Waals surface area contributed by atoms with Crippen LogP contribution < -0.4 is 10.5 Å². The molecule has 4 N–H and O–H groups in total. The van der Waals surface area contributed by atoms with Crippen molar-refractivity contribution in [2.24, 2.45) is 5.73 Å². The first-order valence-corrected chi connectivity index (χ1v) is 8.59. The highest BCUT2D eigenvalue weighted by Gasteiger charge is 2.11. The second kappa shape index (κ2) is 12.1. The monoisotopic (exact) mass is 383 g/mol. The molecule has 148 valence electrons. The zero-order valence-corrected chi connectivity index (χ0v) is 15.7. The van der Waals surface area contributed by atoms with Crippen LogP contribution in [0, 0.1) is 0 Å². The maximum absolute atomic E-state index is 9.55. The van der Waals surface area contributed by atoms with Gasteiger partial charge in [-0.2, -0.15) is 0 Å². The molecular weight excluding hydrogens is 358 g/mol. The average molecular weight is 383 g/mol. The standard InChI is InChI=1S/C18H21NO.C4H4O4/c1-3-8-17(19)16-11-6-4-9-14(16)13-15-10-5-7-12-18(15)20-2;5-3(6)1-2-4(7)8/h3-7,9-12,17H,1,8,13,19H2,2H3;1-2H,(H,5,6)(H,7,8)/b;2-1+. The molecule has 0 aromatic heterocycles. The number of hydrogen-bond donors (Lipinski definition) is 3. The molecule has 2 aromatic carbocycles. The number of carboxylic acids is 2. The number of nitrogens with two attached hydrogens (primary N) is 1. The summed E-state index contributed by atoms with van der Waals surface area (Å²) in [6.07, 6.45) is 4.59. The fraction of sp³-hybridized carbons (Fsp3) is 0.182. The number of ether oxygens (including phenoxy) is 1. The van der Waals surface area contributed by atoms with E-state index in [-0.39, 0.29) is 6.04 Å². The van der Waals surface area contributed by atoms with Gasteiger partial charge in [0.05, 0.1) is 7.11 Å². The third-order valence-corrected chi connectivity index (χ3v) is 3.82. The fourth-order valence-electron chi connectivity index (χ4n) is 2.56. The highest BCUT2D eigenvalue weighted by molar-refractivity contribution is 5.89. The third kappa shape index (κ3) is 7.88. The summed E-state index contributed by atoms with van der Waals surface area (Å²) in [5.41, 5.74) is 9.82. The molecular formula is C22H25NO5. The largest absolute Gasteiger partial charge is 0.496 e. The Morgan fingerprint density at radius 2 is 1.57 bits per heavy atom. The van der Waals surface area contributed by atoms with Gasteiger partial charge in [-0.3, -0.25) is 0 Å². The van der Waals surface area contributed by atoms with E-state index in [2.05, 4.69) is 30.8 Å². The molecule has 0 aliphatic rings. The summed E-state index contributed by atoms with van der Waals surface area (Å²) < 4.78 is 5.42. The predicted octanol–water partition coefficient (Wildman–Crippen LogP) is 3.57. The van der Waals surface area contributed by atoms with E-state index in [0.717, 1.165) is 18.6 Å². The normalized spacial score (nSPS) is 11.2. The van der Waals surface area contributed by atoms with Gasteiger partial charge in [0.25, 0.3) is 0 Å². The Bertz CT molecular complexity index is 813. The average Bonchev–Trinajstić information content (AvgIpc) is 2.68. The Labute approximate surface area is 164 Å². The quantitative estimate of drug-likeness (QED) is 0.475. The summed E-state index contributed by atoms with van der Waals surface area (Å²) in [6, 6.07) is 16.4. The molecule has 0 amide bonds. The summed E-state index contributed by atoms with van der Waals surface area (Å²) in [6.45, 7) is 3.77. The number of hydrogen-bond acceptors (Lipinski definition) is 4. The molecule has 0 aliphatic carbocycles. The minimum Gasteiger partial charge on any atom is -0.496 e. The molecule has 6 nitrogen and oxygen atoms in total. The van der Waals surface area contributed by atoms with Crippen LogP contribution >= 0.6 is 0 Å². The molecule has 0 spiro atoms. The van der Waals surface area contributed by atoms with E-state index < -0.39 is 11.9 Å². The van der Waals surface area contributed by atoms with Crippen molar-refractivity contribution >= 4 is 11.9 Å². The van der Waals surface area contributed by atoms with Crippen molar-refractivity contribution in [3.05, 3.63) is 90.0 Å². The number of benzene rings is 2. The molecule has 0 fully saturated rings. The summed E-state index contributed by atoms with van der Waals surface area (Å²) in [5.74, 6) is -1.60. The van der Waals surface area contributed by atoms with E-state index in [4.69, 9.17) is 20.7 Å². The lowest BCUT2D eigenvalue weighted by molar-refractivity contribution is -0.134. The second-order valence-electron chi connectivity index (χ2n) is 5.83. The van der Waals surface area contributed by atoms with E-state index in [1.807, 2.05) is 30.3 Å². The molecule has 6 heteroatoms. The van der Waals surface area contributed by atoms with Crippen LogP contribution in [0.1, 0.15) is 29.2 Å². The van der Waals surface area contributed by atoms with Crippen LogP contribution in [0.25, 0.3) is 0 Å². The van der Waals surface area contributed by atoms with Gasteiger partial charge in [-0.15, -0.1) is 6.58 Å². The Hall–Kier alpha value is -3.38. The summed E-state index contributed by atoms with van der Waals surface area (Å²) >= 11 is 0. The lowest BCUT2D eigenvalue weighted by atomic mass is 9.94. The molecule has 0 heterocycles. The van der Waals surface area contributed by atoms with Gasteiger partial charge in [0.2, 0.25) is 0 Å². The maximum atomic E-state index is 9.55. The molecule has 0 aliphatic heterocycles. The number of carboxylic acid groups (broad SMARTS) is 2. The predicted molar refractivity (Wildman–Crippen MR) is 108 cm³/mol. The Morgan fingerprint density at radius 1 is 1.04 bits per heavy atom. The summed E-state index contributed by atoms with van der Waals surface area (Å²) in [5, 5.41) is 15.6. The molecule has 1 atom stereocenters. The molecule has 1 unspecified atom stereocenters. The van der Waals surface area contributed by atoms with Gasteiger partial charge >= 0.3 is 11.9 Å². The van der Waals surface area contributed by atoms with Gasteiger partial charge in [0.1, 0.15) is 5.75 Å². The number of para-hydroxylation sites is 1. The van der Waals surface area contributed by atoms with Crippen molar-refractivity contribution in [3.8, 4) is 5.75 Å². The van der Waals surface area contributed by atoms with Crippen molar-refractivity contribution in [1.82, 2.24) is 0 Å². The fourth-order valence-corrected chi connectivity index (χ4v) is 2.56. The minimum absolute atomic E-state index is 0.00147. The van der Waals surface area contributed by atoms with Crippen LogP contribution in [0.5, 0.6) is 5.75 Å². The first-order valence-electron chi connectivity index (χ1n) is 8.59. The molecule has 0 saturated heterocycles. The van der Waals surface area contributed by atoms with Crippen molar-refractivity contribution in [2.75, 3.05) is 7.11 Å². The Balaban J connectivity index is 0.000000416. The van der Waals surface area contributed by atoms with Gasteiger partial charge in [-0.1, -0.05) is 48.5 Å². The van der Waals surface area contributed by atoms with Crippen LogP contribution in [0.15, 0.2) is 73.3 Å². The lowest BCUT2D eigenvalue weighted by Crippen LogP contribution is -2.12. The maximum Gasteiger partial charge on any atom is 0.328 e. The van der Waals surface area contributed by atoms with Crippen molar-refractivity contribution in [1.29, 1.82) is 0 Å². The van der Waals surface area contributed by atoms with E-state index >= 15 is 0 Å². The van der Waals surface area contributed by atoms with Crippen molar-refractivity contribution in [3.63, 3.8) is 0 Å².